The third-order valence-electron chi connectivity index (χ3n) is 2.72. The minimum atomic E-state index is -3.72. The van der Waals surface area contributed by atoms with Gasteiger partial charge in [-0.3, -0.25) is 4.57 Å². The molecule has 0 bridgehead atoms. The van der Waals surface area contributed by atoms with E-state index in [1.807, 2.05) is 0 Å². The molecule has 0 heterocycles. The van der Waals surface area contributed by atoms with Gasteiger partial charge in [0.05, 0.1) is 0 Å². The topological polar surface area (TPSA) is 89.8 Å². The van der Waals surface area contributed by atoms with Crippen LogP contribution in [0.15, 0.2) is 24.3 Å². The van der Waals surface area contributed by atoms with Gasteiger partial charge in [-0.1, -0.05) is 32.0 Å². The summed E-state index contributed by atoms with van der Waals surface area (Å²) in [6.07, 6.45) is 0. The standard InChI is InChI=1S/C9H13O4P.C4H11N/c1-9(11,14(2,12)13)7-5-3-4-6-8(7)10;1-3-5-4-2/h3-6,10-11H,1-2H3,(H,12,13);5H,3-4H2,1-2H3. The van der Waals surface area contributed by atoms with Crippen LogP contribution in [0.1, 0.15) is 26.3 Å². The van der Waals surface area contributed by atoms with Crippen LogP contribution >= 0.6 is 7.37 Å². The van der Waals surface area contributed by atoms with Crippen molar-refractivity contribution in [3.05, 3.63) is 29.8 Å². The molecule has 0 aliphatic rings. The number of rotatable bonds is 4. The predicted octanol–water partition coefficient (Wildman–Crippen LogP) is 2.07. The monoisotopic (exact) mass is 289 g/mol. The Hall–Kier alpha value is -0.870. The molecule has 0 fully saturated rings. The van der Waals surface area contributed by atoms with Crippen LogP contribution < -0.4 is 5.32 Å². The van der Waals surface area contributed by atoms with Crippen molar-refractivity contribution in [1.82, 2.24) is 5.32 Å². The van der Waals surface area contributed by atoms with Crippen molar-refractivity contribution in [3.63, 3.8) is 0 Å². The third kappa shape index (κ3) is 5.33. The molecule has 19 heavy (non-hydrogen) atoms. The van der Waals surface area contributed by atoms with Gasteiger partial charge in [0, 0.05) is 12.2 Å². The lowest BCUT2D eigenvalue weighted by Crippen LogP contribution is -2.20. The predicted molar refractivity (Wildman–Crippen MR) is 77.6 cm³/mol. The number of phenolic OH excluding ortho intramolecular Hbond substituents is 1. The first kappa shape index (κ1) is 18.1. The van der Waals surface area contributed by atoms with Crippen molar-refractivity contribution in [3.8, 4) is 5.75 Å². The van der Waals surface area contributed by atoms with E-state index in [4.69, 9.17) is 0 Å². The van der Waals surface area contributed by atoms with Crippen molar-refractivity contribution in [2.45, 2.75) is 26.1 Å². The van der Waals surface area contributed by atoms with E-state index in [-0.39, 0.29) is 11.3 Å². The molecule has 1 rings (SSSR count). The maximum Gasteiger partial charge on any atom is 0.232 e. The van der Waals surface area contributed by atoms with Gasteiger partial charge in [-0.2, -0.15) is 0 Å². The third-order valence-corrected chi connectivity index (χ3v) is 4.58. The average molecular weight is 289 g/mol. The van der Waals surface area contributed by atoms with Crippen LogP contribution in [0.2, 0.25) is 0 Å². The molecule has 110 valence electrons. The molecule has 0 spiro atoms. The Labute approximate surface area is 114 Å². The van der Waals surface area contributed by atoms with Crippen molar-refractivity contribution in [1.29, 1.82) is 0 Å². The Kier molecular flexibility index (Phi) is 7.30. The van der Waals surface area contributed by atoms with E-state index in [1.165, 1.54) is 19.1 Å². The van der Waals surface area contributed by atoms with Crippen molar-refractivity contribution in [2.75, 3.05) is 19.8 Å². The highest BCUT2D eigenvalue weighted by atomic mass is 31.2. The minimum absolute atomic E-state index is 0.0633. The van der Waals surface area contributed by atoms with E-state index in [0.29, 0.717) is 0 Å². The molecule has 0 saturated heterocycles. The molecule has 0 aliphatic heterocycles. The molecule has 0 aliphatic carbocycles. The number of hydrogen-bond donors (Lipinski definition) is 4. The number of aromatic hydroxyl groups is 1. The summed E-state index contributed by atoms with van der Waals surface area (Å²) in [7, 11) is -3.72. The van der Waals surface area contributed by atoms with Crippen LogP contribution in [0, 0.1) is 0 Å². The summed E-state index contributed by atoms with van der Waals surface area (Å²) >= 11 is 0. The zero-order valence-corrected chi connectivity index (χ0v) is 12.8. The molecule has 0 amide bonds. The molecule has 2 atom stereocenters. The van der Waals surface area contributed by atoms with Gasteiger partial charge in [0.15, 0.2) is 5.34 Å². The molecule has 0 aromatic heterocycles. The Morgan fingerprint density at radius 1 is 1.26 bits per heavy atom. The van der Waals surface area contributed by atoms with E-state index >= 15 is 0 Å². The number of para-hydroxylation sites is 1. The largest absolute Gasteiger partial charge is 0.508 e. The van der Waals surface area contributed by atoms with Crippen LogP contribution in [0.25, 0.3) is 0 Å². The molecular formula is C13H24NO4P. The average Bonchev–Trinajstić information content (AvgIpc) is 2.29. The molecule has 4 N–H and O–H groups in total. The Bertz CT molecular complexity index is 426. The van der Waals surface area contributed by atoms with Gasteiger partial charge >= 0.3 is 0 Å². The van der Waals surface area contributed by atoms with Crippen LogP contribution in [0.4, 0.5) is 0 Å². The lowest BCUT2D eigenvalue weighted by atomic mass is 10.1. The Morgan fingerprint density at radius 2 is 1.74 bits per heavy atom. The summed E-state index contributed by atoms with van der Waals surface area (Å²) in [5, 5.41) is 20.4. The Morgan fingerprint density at radius 3 is 2.05 bits per heavy atom. The van der Waals surface area contributed by atoms with Gasteiger partial charge < -0.3 is 20.4 Å². The maximum atomic E-state index is 11.4. The fourth-order valence-electron chi connectivity index (χ4n) is 1.35. The number of hydrogen-bond acceptors (Lipinski definition) is 4. The fourth-order valence-corrected chi connectivity index (χ4v) is 1.98. The first-order valence-electron chi connectivity index (χ1n) is 6.20. The summed E-state index contributed by atoms with van der Waals surface area (Å²) < 4.78 is 11.4. The molecule has 0 saturated carbocycles. The first-order chi connectivity index (χ1) is 8.68. The molecule has 5 nitrogen and oxygen atoms in total. The van der Waals surface area contributed by atoms with Gasteiger partial charge in [0.2, 0.25) is 7.37 Å². The van der Waals surface area contributed by atoms with E-state index in [1.54, 1.807) is 12.1 Å². The summed E-state index contributed by atoms with van der Waals surface area (Å²) in [5.74, 6) is -0.186. The summed E-state index contributed by atoms with van der Waals surface area (Å²) in [4.78, 5) is 9.32. The van der Waals surface area contributed by atoms with Gasteiger partial charge in [-0.25, -0.2) is 0 Å². The maximum absolute atomic E-state index is 11.4. The highest BCUT2D eigenvalue weighted by Crippen LogP contribution is 2.56. The number of benzene rings is 1. The smallest absolute Gasteiger partial charge is 0.232 e. The zero-order valence-electron chi connectivity index (χ0n) is 11.9. The molecule has 2 unspecified atom stereocenters. The lowest BCUT2D eigenvalue weighted by molar-refractivity contribution is 0.126. The normalized spacial score (nSPS) is 16.7. The SMILES string of the molecule is CC(O)(c1ccccc1O)P(C)(=O)O.CCNCC. The zero-order chi connectivity index (χ0) is 15.1. The number of phenols is 1. The highest BCUT2D eigenvalue weighted by molar-refractivity contribution is 7.58. The molecule has 1 aromatic carbocycles. The summed E-state index contributed by atoms with van der Waals surface area (Å²) in [5.41, 5.74) is 0.0633. The van der Waals surface area contributed by atoms with Gasteiger partial charge in [0.25, 0.3) is 0 Å². The van der Waals surface area contributed by atoms with Crippen LogP contribution in [0.3, 0.4) is 0 Å². The minimum Gasteiger partial charge on any atom is -0.508 e. The second kappa shape index (κ2) is 7.65. The second-order valence-electron chi connectivity index (χ2n) is 4.37. The van der Waals surface area contributed by atoms with Crippen molar-refractivity contribution in [2.24, 2.45) is 0 Å². The molecule has 6 heteroatoms. The fraction of sp³-hybridized carbons (Fsp3) is 0.538. The van der Waals surface area contributed by atoms with E-state index < -0.39 is 12.7 Å². The van der Waals surface area contributed by atoms with Crippen molar-refractivity contribution < 1.29 is 19.7 Å². The first-order valence-corrected chi connectivity index (χ1v) is 8.31. The van der Waals surface area contributed by atoms with Crippen molar-refractivity contribution >= 4 is 7.37 Å². The highest BCUT2D eigenvalue weighted by Gasteiger charge is 2.40. The molecule has 1 aromatic rings. The van der Waals surface area contributed by atoms with E-state index in [2.05, 4.69) is 19.2 Å². The molecular weight excluding hydrogens is 265 g/mol. The number of aliphatic hydroxyl groups is 1. The Balaban J connectivity index is 0.000000555. The van der Waals surface area contributed by atoms with Gasteiger partial charge in [0.1, 0.15) is 5.75 Å². The van der Waals surface area contributed by atoms with Gasteiger partial charge in [-0.15, -0.1) is 0 Å². The van der Waals surface area contributed by atoms with E-state index in [9.17, 15) is 19.7 Å². The van der Waals surface area contributed by atoms with Gasteiger partial charge in [-0.05, 0) is 26.1 Å². The lowest BCUT2D eigenvalue weighted by Gasteiger charge is -2.27. The van der Waals surface area contributed by atoms with E-state index in [0.717, 1.165) is 19.8 Å². The van der Waals surface area contributed by atoms with Crippen LogP contribution in [-0.2, 0) is 9.91 Å². The quantitative estimate of drug-likeness (QED) is 0.637. The van der Waals surface area contributed by atoms with Crippen LogP contribution in [0.5, 0.6) is 5.75 Å². The summed E-state index contributed by atoms with van der Waals surface area (Å²) in [6.45, 7) is 8.66. The summed E-state index contributed by atoms with van der Waals surface area (Å²) in [6, 6.07) is 5.94. The van der Waals surface area contributed by atoms with Crippen LogP contribution in [-0.4, -0.2) is 34.9 Å². The molecule has 0 radical (unpaired) electrons. The second-order valence-corrected chi connectivity index (χ2v) is 7.00. The number of nitrogens with one attached hydrogen (secondary N) is 1.